The average molecular weight is 262 g/mol. The second-order valence-electron chi connectivity index (χ2n) is 4.79. The molecule has 18 heavy (non-hydrogen) atoms. The number of hydrogen-bond donors (Lipinski definition) is 0. The van der Waals surface area contributed by atoms with Gasteiger partial charge in [-0.15, -0.1) is 0 Å². The summed E-state index contributed by atoms with van der Waals surface area (Å²) in [6.07, 6.45) is 2.37. The van der Waals surface area contributed by atoms with Crippen LogP contribution in [0.15, 0.2) is 18.2 Å². The third-order valence-corrected chi connectivity index (χ3v) is 3.87. The van der Waals surface area contributed by atoms with Gasteiger partial charge in [-0.25, -0.2) is 9.97 Å². The summed E-state index contributed by atoms with van der Waals surface area (Å²) in [7, 11) is 0. The highest BCUT2D eigenvalue weighted by Crippen LogP contribution is 2.36. The molecule has 92 valence electrons. The highest BCUT2D eigenvalue weighted by atomic mass is 35.5. The number of hydrogen-bond acceptors (Lipinski definition) is 4. The predicted octanol–water partition coefficient (Wildman–Crippen LogP) is 2.64. The van der Waals surface area contributed by atoms with Crippen molar-refractivity contribution in [1.82, 2.24) is 9.97 Å². The molecule has 1 aromatic carbocycles. The van der Waals surface area contributed by atoms with E-state index in [1.807, 2.05) is 18.2 Å². The molecule has 2 aromatic rings. The van der Waals surface area contributed by atoms with E-state index in [2.05, 4.69) is 14.9 Å². The topological polar surface area (TPSA) is 38.2 Å². The lowest BCUT2D eigenvalue weighted by Crippen LogP contribution is -2.39. The zero-order chi connectivity index (χ0) is 12.1. The van der Waals surface area contributed by atoms with Crippen LogP contribution in [0.5, 0.6) is 5.88 Å². The van der Waals surface area contributed by atoms with Crippen LogP contribution in [0.2, 0.25) is 5.02 Å². The summed E-state index contributed by atoms with van der Waals surface area (Å²) in [6.45, 7) is 1.77. The maximum atomic E-state index is 6.00. The largest absolute Gasteiger partial charge is 0.473 e. The van der Waals surface area contributed by atoms with E-state index >= 15 is 0 Å². The summed E-state index contributed by atoms with van der Waals surface area (Å²) in [5.41, 5.74) is 1.66. The fourth-order valence-corrected chi connectivity index (χ4v) is 2.92. The zero-order valence-corrected chi connectivity index (χ0v) is 10.5. The van der Waals surface area contributed by atoms with Crippen LogP contribution in [0, 0.1) is 0 Å². The van der Waals surface area contributed by atoms with Gasteiger partial charge in [0.15, 0.2) is 5.82 Å². The molecule has 0 radical (unpaired) electrons. The van der Waals surface area contributed by atoms with Crippen LogP contribution >= 0.6 is 11.6 Å². The molecule has 0 spiro atoms. The SMILES string of the molecule is Clc1ccc2nc3c(nc2c1)N1CCCC1CO3. The van der Waals surface area contributed by atoms with Gasteiger partial charge < -0.3 is 9.64 Å². The second kappa shape index (κ2) is 3.72. The van der Waals surface area contributed by atoms with Gasteiger partial charge in [-0.3, -0.25) is 0 Å². The van der Waals surface area contributed by atoms with E-state index in [-0.39, 0.29) is 0 Å². The van der Waals surface area contributed by atoms with Gasteiger partial charge in [-0.2, -0.15) is 0 Å². The van der Waals surface area contributed by atoms with E-state index in [4.69, 9.17) is 16.3 Å². The molecule has 1 aromatic heterocycles. The molecule has 0 aliphatic carbocycles. The first-order valence-electron chi connectivity index (χ1n) is 6.18. The fourth-order valence-electron chi connectivity index (χ4n) is 2.75. The quantitative estimate of drug-likeness (QED) is 0.731. The van der Waals surface area contributed by atoms with E-state index in [9.17, 15) is 0 Å². The third kappa shape index (κ3) is 1.45. The maximum absolute atomic E-state index is 6.00. The smallest absolute Gasteiger partial charge is 0.258 e. The van der Waals surface area contributed by atoms with Gasteiger partial charge in [0.1, 0.15) is 6.61 Å². The Morgan fingerprint density at radius 2 is 2.22 bits per heavy atom. The van der Waals surface area contributed by atoms with Gasteiger partial charge in [0.25, 0.3) is 5.88 Å². The average Bonchev–Trinajstić information content (AvgIpc) is 2.85. The van der Waals surface area contributed by atoms with Crippen molar-refractivity contribution in [3.63, 3.8) is 0 Å². The molecule has 1 saturated heterocycles. The first kappa shape index (κ1) is 10.4. The highest BCUT2D eigenvalue weighted by Gasteiger charge is 2.33. The number of ether oxygens (including phenoxy) is 1. The summed E-state index contributed by atoms with van der Waals surface area (Å²) in [5, 5.41) is 0.687. The highest BCUT2D eigenvalue weighted by molar-refractivity contribution is 6.31. The van der Waals surface area contributed by atoms with Crippen LogP contribution in [0.4, 0.5) is 5.82 Å². The second-order valence-corrected chi connectivity index (χ2v) is 5.22. The normalized spacial score (nSPS) is 21.6. The van der Waals surface area contributed by atoms with Crippen LogP contribution < -0.4 is 9.64 Å². The monoisotopic (exact) mass is 261 g/mol. The molecule has 4 rings (SSSR count). The van der Waals surface area contributed by atoms with E-state index in [1.165, 1.54) is 12.8 Å². The summed E-state index contributed by atoms with van der Waals surface area (Å²) < 4.78 is 5.73. The van der Waals surface area contributed by atoms with Crippen molar-refractivity contribution in [1.29, 1.82) is 0 Å². The molecule has 0 N–H and O–H groups in total. The first-order chi connectivity index (χ1) is 8.81. The molecular formula is C13H12ClN3O. The number of rotatable bonds is 0. The number of halogens is 1. The van der Waals surface area contributed by atoms with Crippen molar-refractivity contribution < 1.29 is 4.74 Å². The Morgan fingerprint density at radius 3 is 3.17 bits per heavy atom. The Labute approximate surface area is 110 Å². The molecule has 5 heteroatoms. The summed E-state index contributed by atoms with van der Waals surface area (Å²) in [6, 6.07) is 6.02. The standard InChI is InChI=1S/C13H12ClN3O/c14-8-3-4-10-11(6-8)15-12-13(16-10)18-7-9-2-1-5-17(9)12/h3-4,6,9H,1-2,5,7H2. The lowest BCUT2D eigenvalue weighted by Gasteiger charge is -2.31. The molecule has 1 unspecified atom stereocenters. The number of nitrogens with zero attached hydrogens (tertiary/aromatic N) is 3. The summed E-state index contributed by atoms with van der Waals surface area (Å²) in [5.74, 6) is 1.53. The molecule has 0 bridgehead atoms. The molecule has 0 saturated carbocycles. The lowest BCUT2D eigenvalue weighted by molar-refractivity contribution is 0.260. The van der Waals surface area contributed by atoms with Crippen LogP contribution in [0.3, 0.4) is 0 Å². The Morgan fingerprint density at radius 1 is 1.28 bits per heavy atom. The van der Waals surface area contributed by atoms with Gasteiger partial charge in [0.05, 0.1) is 17.1 Å². The van der Waals surface area contributed by atoms with Gasteiger partial charge in [-0.1, -0.05) is 11.6 Å². The van der Waals surface area contributed by atoms with Crippen molar-refractivity contribution in [2.24, 2.45) is 0 Å². The van der Waals surface area contributed by atoms with Gasteiger partial charge in [-0.05, 0) is 31.0 Å². The molecule has 0 amide bonds. The van der Waals surface area contributed by atoms with E-state index < -0.39 is 0 Å². The Balaban J connectivity index is 1.93. The summed E-state index contributed by atoms with van der Waals surface area (Å²) >= 11 is 6.00. The van der Waals surface area contributed by atoms with Crippen LogP contribution in [-0.2, 0) is 0 Å². The third-order valence-electron chi connectivity index (χ3n) is 3.64. The Kier molecular flexibility index (Phi) is 2.14. The number of anilines is 1. The van der Waals surface area contributed by atoms with Crippen molar-refractivity contribution in [3.8, 4) is 5.88 Å². The van der Waals surface area contributed by atoms with Gasteiger partial charge in [0, 0.05) is 11.6 Å². The number of aromatic nitrogens is 2. The minimum Gasteiger partial charge on any atom is -0.473 e. The number of benzene rings is 1. The Hall–Kier alpha value is -1.55. The lowest BCUT2D eigenvalue weighted by atomic mass is 10.2. The molecule has 1 fully saturated rings. The molecule has 2 aliphatic heterocycles. The molecule has 3 heterocycles. The van der Waals surface area contributed by atoms with E-state index in [1.54, 1.807) is 0 Å². The van der Waals surface area contributed by atoms with Crippen molar-refractivity contribution >= 4 is 28.5 Å². The van der Waals surface area contributed by atoms with Crippen LogP contribution in [0.25, 0.3) is 11.0 Å². The first-order valence-corrected chi connectivity index (χ1v) is 6.56. The van der Waals surface area contributed by atoms with E-state index in [0.29, 0.717) is 16.9 Å². The van der Waals surface area contributed by atoms with Crippen LogP contribution in [0.1, 0.15) is 12.8 Å². The fraction of sp³-hybridized carbons (Fsp3) is 0.385. The Bertz CT molecular complexity index is 631. The molecule has 1 atom stereocenters. The van der Waals surface area contributed by atoms with Gasteiger partial charge >= 0.3 is 0 Å². The number of fused-ring (bicyclic) bond motifs is 4. The van der Waals surface area contributed by atoms with Crippen molar-refractivity contribution in [3.05, 3.63) is 23.2 Å². The predicted molar refractivity (Wildman–Crippen MR) is 70.4 cm³/mol. The van der Waals surface area contributed by atoms with E-state index in [0.717, 1.165) is 30.0 Å². The summed E-state index contributed by atoms with van der Waals surface area (Å²) in [4.78, 5) is 11.5. The van der Waals surface area contributed by atoms with Crippen LogP contribution in [-0.4, -0.2) is 29.2 Å². The maximum Gasteiger partial charge on any atom is 0.258 e. The molecule has 2 aliphatic rings. The van der Waals surface area contributed by atoms with Crippen molar-refractivity contribution in [2.75, 3.05) is 18.1 Å². The minimum absolute atomic E-state index is 0.462. The van der Waals surface area contributed by atoms with Gasteiger partial charge in [0.2, 0.25) is 0 Å². The minimum atomic E-state index is 0.462. The van der Waals surface area contributed by atoms with Crippen molar-refractivity contribution in [2.45, 2.75) is 18.9 Å². The molecular weight excluding hydrogens is 250 g/mol. The molecule has 4 nitrogen and oxygen atoms in total. The zero-order valence-electron chi connectivity index (χ0n) is 9.77.